The summed E-state index contributed by atoms with van der Waals surface area (Å²) in [4.78, 5) is 23.1. The molecule has 0 saturated carbocycles. The van der Waals surface area contributed by atoms with E-state index in [1.54, 1.807) is 42.6 Å². The summed E-state index contributed by atoms with van der Waals surface area (Å²) in [5.74, 6) is -1.75. The number of sulfone groups is 1. The van der Waals surface area contributed by atoms with Crippen LogP contribution in [0.25, 0.3) is 0 Å². The lowest BCUT2D eigenvalue weighted by atomic mass is 10.1. The van der Waals surface area contributed by atoms with E-state index in [2.05, 4.69) is 9.97 Å². The van der Waals surface area contributed by atoms with Gasteiger partial charge in [-0.25, -0.2) is 18.4 Å². The molecule has 1 saturated heterocycles. The van der Waals surface area contributed by atoms with Gasteiger partial charge < -0.3 is 9.47 Å². The van der Waals surface area contributed by atoms with Gasteiger partial charge in [0.15, 0.2) is 5.03 Å². The minimum absolute atomic E-state index is 0.00719. The molecule has 1 fully saturated rings. The summed E-state index contributed by atoms with van der Waals surface area (Å²) in [5.41, 5.74) is 0.815. The van der Waals surface area contributed by atoms with Gasteiger partial charge in [0.2, 0.25) is 9.84 Å². The third-order valence-corrected chi connectivity index (χ3v) is 6.72. The molecule has 1 aromatic carbocycles. The van der Waals surface area contributed by atoms with Crippen molar-refractivity contribution in [3.63, 3.8) is 0 Å². The van der Waals surface area contributed by atoms with Crippen molar-refractivity contribution in [3.05, 3.63) is 72.6 Å². The summed E-state index contributed by atoms with van der Waals surface area (Å²) in [7, 11) is -3.88. The first-order valence-corrected chi connectivity index (χ1v) is 10.9. The summed E-state index contributed by atoms with van der Waals surface area (Å²) in [6.45, 7) is 0.636. The number of aromatic nitrogens is 2. The highest BCUT2D eigenvalue weighted by atomic mass is 32.2. The standard InChI is InChI=1S/C21H17N3O5S/c25-20-21(28-12-5-13-29-21)16-14-15(30(26,27)19-7-2-4-11-23-19)8-9-17(16)24(20)18-6-1-3-10-22-18/h1-4,6-11,14H,5,12-13H2. The Kier molecular flexibility index (Phi) is 4.39. The largest absolute Gasteiger partial charge is 0.338 e. The van der Waals surface area contributed by atoms with Gasteiger partial charge in [-0.2, -0.15) is 0 Å². The van der Waals surface area contributed by atoms with Gasteiger partial charge in [-0.3, -0.25) is 9.69 Å². The molecule has 5 rings (SSSR count). The number of pyridine rings is 2. The molecule has 2 aliphatic rings. The fourth-order valence-electron chi connectivity index (χ4n) is 3.66. The topological polar surface area (TPSA) is 98.7 Å². The van der Waals surface area contributed by atoms with E-state index >= 15 is 0 Å². The first kappa shape index (κ1) is 18.9. The van der Waals surface area contributed by atoms with Crippen molar-refractivity contribution >= 4 is 27.2 Å². The summed E-state index contributed by atoms with van der Waals surface area (Å²) in [5, 5.41) is -0.0737. The molecule has 0 unspecified atom stereocenters. The van der Waals surface area contributed by atoms with Crippen LogP contribution in [0, 0.1) is 0 Å². The number of fused-ring (bicyclic) bond motifs is 2. The Labute approximate surface area is 173 Å². The zero-order valence-electron chi connectivity index (χ0n) is 15.8. The van der Waals surface area contributed by atoms with Crippen LogP contribution in [-0.2, 0) is 29.9 Å². The molecule has 4 heterocycles. The number of amides is 1. The van der Waals surface area contributed by atoms with Gasteiger partial charge in [0.05, 0.1) is 23.8 Å². The molecule has 0 bridgehead atoms. The molecular weight excluding hydrogens is 406 g/mol. The number of anilines is 2. The Bertz CT molecular complexity index is 1210. The zero-order chi connectivity index (χ0) is 20.8. The summed E-state index contributed by atoms with van der Waals surface area (Å²) in [6.07, 6.45) is 3.64. The van der Waals surface area contributed by atoms with Gasteiger partial charge >= 0.3 is 0 Å². The highest BCUT2D eigenvalue weighted by Gasteiger charge is 2.56. The molecule has 9 heteroatoms. The Morgan fingerprint density at radius 3 is 2.33 bits per heavy atom. The molecular formula is C21H17N3O5S. The Balaban J connectivity index is 1.70. The van der Waals surface area contributed by atoms with Crippen LogP contribution in [0.2, 0.25) is 0 Å². The van der Waals surface area contributed by atoms with Crippen LogP contribution in [0.15, 0.2) is 76.9 Å². The van der Waals surface area contributed by atoms with E-state index in [1.807, 2.05) is 0 Å². The van der Waals surface area contributed by atoms with E-state index in [0.717, 1.165) is 0 Å². The van der Waals surface area contributed by atoms with Crippen LogP contribution in [0.5, 0.6) is 0 Å². The predicted octanol–water partition coefficient (Wildman–Crippen LogP) is 2.58. The molecule has 30 heavy (non-hydrogen) atoms. The maximum absolute atomic E-state index is 13.4. The van der Waals surface area contributed by atoms with Crippen molar-refractivity contribution in [3.8, 4) is 0 Å². The molecule has 3 aromatic rings. The lowest BCUT2D eigenvalue weighted by molar-refractivity contribution is -0.256. The van der Waals surface area contributed by atoms with E-state index in [0.29, 0.717) is 36.7 Å². The van der Waals surface area contributed by atoms with Crippen LogP contribution < -0.4 is 4.90 Å². The average molecular weight is 423 g/mol. The molecule has 2 aromatic heterocycles. The van der Waals surface area contributed by atoms with Crippen molar-refractivity contribution in [1.82, 2.24) is 9.97 Å². The van der Waals surface area contributed by atoms with Gasteiger partial charge in [-0.1, -0.05) is 12.1 Å². The number of rotatable bonds is 3. The number of hydrogen-bond donors (Lipinski definition) is 0. The molecule has 1 amide bonds. The second-order valence-electron chi connectivity index (χ2n) is 6.85. The molecule has 0 radical (unpaired) electrons. The minimum atomic E-state index is -3.88. The molecule has 152 valence electrons. The molecule has 0 N–H and O–H groups in total. The van der Waals surface area contributed by atoms with E-state index < -0.39 is 21.5 Å². The number of nitrogens with zero attached hydrogens (tertiary/aromatic N) is 3. The first-order chi connectivity index (χ1) is 14.5. The highest BCUT2D eigenvalue weighted by molar-refractivity contribution is 7.91. The van der Waals surface area contributed by atoms with Crippen molar-refractivity contribution < 1.29 is 22.7 Å². The fourth-order valence-corrected chi connectivity index (χ4v) is 4.88. The average Bonchev–Trinajstić information content (AvgIpc) is 3.03. The van der Waals surface area contributed by atoms with Crippen LogP contribution in [0.4, 0.5) is 11.5 Å². The second-order valence-corrected chi connectivity index (χ2v) is 8.74. The second kappa shape index (κ2) is 6.98. The van der Waals surface area contributed by atoms with Gasteiger partial charge in [-0.15, -0.1) is 0 Å². The van der Waals surface area contributed by atoms with Crippen molar-refractivity contribution in [2.75, 3.05) is 18.1 Å². The molecule has 0 atom stereocenters. The van der Waals surface area contributed by atoms with E-state index in [4.69, 9.17) is 9.47 Å². The van der Waals surface area contributed by atoms with Crippen molar-refractivity contribution in [2.24, 2.45) is 0 Å². The Morgan fingerprint density at radius 2 is 1.67 bits per heavy atom. The Hall–Kier alpha value is -3.14. The van der Waals surface area contributed by atoms with Crippen molar-refractivity contribution in [1.29, 1.82) is 0 Å². The SMILES string of the molecule is O=C1N(c2ccccn2)c2ccc(S(=O)(=O)c3ccccn3)cc2C12OCCCO2. The summed E-state index contributed by atoms with van der Waals surface area (Å²) in [6, 6.07) is 14.4. The van der Waals surface area contributed by atoms with Gasteiger partial charge in [0, 0.05) is 18.0 Å². The molecule has 8 nitrogen and oxygen atoms in total. The van der Waals surface area contributed by atoms with Gasteiger partial charge in [0.25, 0.3) is 11.7 Å². The van der Waals surface area contributed by atoms with Crippen LogP contribution in [0.3, 0.4) is 0 Å². The predicted molar refractivity (Wildman–Crippen MR) is 106 cm³/mol. The van der Waals surface area contributed by atoms with Gasteiger partial charge in [0.1, 0.15) is 5.82 Å². The van der Waals surface area contributed by atoms with Crippen LogP contribution in [0.1, 0.15) is 12.0 Å². The highest BCUT2D eigenvalue weighted by Crippen LogP contribution is 2.48. The van der Waals surface area contributed by atoms with Gasteiger partial charge in [-0.05, 0) is 48.9 Å². The van der Waals surface area contributed by atoms with E-state index in [-0.39, 0.29) is 9.92 Å². The number of carbonyl (C=O) groups is 1. The number of hydrogen-bond acceptors (Lipinski definition) is 7. The van der Waals surface area contributed by atoms with E-state index in [1.165, 1.54) is 29.3 Å². The summed E-state index contributed by atoms with van der Waals surface area (Å²) < 4.78 is 37.8. The lowest BCUT2D eigenvalue weighted by Crippen LogP contribution is -2.46. The lowest BCUT2D eigenvalue weighted by Gasteiger charge is -2.32. The monoisotopic (exact) mass is 423 g/mol. The quantitative estimate of drug-likeness (QED) is 0.638. The normalized spacial score (nSPS) is 17.9. The summed E-state index contributed by atoms with van der Waals surface area (Å²) >= 11 is 0. The molecule has 2 aliphatic heterocycles. The van der Waals surface area contributed by atoms with Crippen LogP contribution >= 0.6 is 0 Å². The maximum atomic E-state index is 13.4. The zero-order valence-corrected chi connectivity index (χ0v) is 16.6. The smallest absolute Gasteiger partial charge is 0.298 e. The van der Waals surface area contributed by atoms with E-state index in [9.17, 15) is 13.2 Å². The van der Waals surface area contributed by atoms with Crippen molar-refractivity contribution in [2.45, 2.75) is 22.1 Å². The first-order valence-electron chi connectivity index (χ1n) is 9.38. The number of benzene rings is 1. The number of ether oxygens (including phenoxy) is 2. The maximum Gasteiger partial charge on any atom is 0.298 e. The number of carbonyl (C=O) groups excluding carboxylic acids is 1. The molecule has 1 spiro atoms. The van der Waals surface area contributed by atoms with Crippen LogP contribution in [-0.4, -0.2) is 37.5 Å². The molecule has 0 aliphatic carbocycles. The third kappa shape index (κ3) is 2.74. The Morgan fingerprint density at radius 1 is 0.933 bits per heavy atom. The minimum Gasteiger partial charge on any atom is -0.338 e. The third-order valence-electron chi connectivity index (χ3n) is 5.05. The fraction of sp³-hybridized carbons (Fsp3) is 0.190.